The Morgan fingerprint density at radius 1 is 1.26 bits per heavy atom. The summed E-state index contributed by atoms with van der Waals surface area (Å²) in [7, 11) is -3.18. The van der Waals surface area contributed by atoms with Crippen LogP contribution in [0.3, 0.4) is 0 Å². The molecule has 1 amide bonds. The fourth-order valence-corrected chi connectivity index (χ4v) is 3.59. The summed E-state index contributed by atoms with van der Waals surface area (Å²) in [5, 5.41) is 12.5. The molecule has 0 aromatic rings. The summed E-state index contributed by atoms with van der Waals surface area (Å²) in [4.78, 5) is 12.0. The summed E-state index contributed by atoms with van der Waals surface area (Å²) >= 11 is 0. The van der Waals surface area contributed by atoms with Gasteiger partial charge in [-0.05, 0) is 39.0 Å². The van der Waals surface area contributed by atoms with Crippen LogP contribution in [-0.4, -0.2) is 56.6 Å². The van der Waals surface area contributed by atoms with E-state index in [0.29, 0.717) is 13.0 Å². The predicted molar refractivity (Wildman–Crippen MR) is 86.3 cm³/mol. The molecule has 2 rings (SSSR count). The van der Waals surface area contributed by atoms with E-state index in [1.54, 1.807) is 6.92 Å². The largest absolute Gasteiger partial charge is 0.394 e. The second-order valence-corrected chi connectivity index (χ2v) is 8.48. The molecule has 7 nitrogen and oxygen atoms in total. The summed E-state index contributed by atoms with van der Waals surface area (Å²) in [6.07, 6.45) is 4.56. The number of carbonyl (C=O) groups excluding carboxylic acids is 1. The van der Waals surface area contributed by atoms with E-state index < -0.39 is 16.1 Å². The van der Waals surface area contributed by atoms with Gasteiger partial charge in [0.25, 0.3) is 0 Å². The van der Waals surface area contributed by atoms with Gasteiger partial charge in [-0.2, -0.15) is 0 Å². The molecule has 8 heteroatoms. The van der Waals surface area contributed by atoms with Crippen molar-refractivity contribution in [2.24, 2.45) is 5.92 Å². The Bertz CT molecular complexity index is 492. The summed E-state index contributed by atoms with van der Waals surface area (Å²) in [6.45, 7) is 1.78. The first-order valence-electron chi connectivity index (χ1n) is 8.49. The molecule has 0 spiro atoms. The number of hydrogen-bond acceptors (Lipinski definition) is 5. The third-order valence-electron chi connectivity index (χ3n) is 4.77. The minimum atomic E-state index is -3.18. The van der Waals surface area contributed by atoms with E-state index in [-0.39, 0.29) is 36.3 Å². The lowest BCUT2D eigenvalue weighted by molar-refractivity contribution is -0.134. The number of amides is 1. The lowest BCUT2D eigenvalue weighted by Gasteiger charge is -2.37. The zero-order valence-corrected chi connectivity index (χ0v) is 14.5. The van der Waals surface area contributed by atoms with Crippen molar-refractivity contribution in [1.82, 2.24) is 10.0 Å². The minimum absolute atomic E-state index is 0.0626. The lowest BCUT2D eigenvalue weighted by atomic mass is 9.84. The molecule has 23 heavy (non-hydrogen) atoms. The Morgan fingerprint density at radius 2 is 2.00 bits per heavy atom. The summed E-state index contributed by atoms with van der Waals surface area (Å²) in [5.41, 5.74) is 0. The van der Waals surface area contributed by atoms with E-state index in [1.165, 1.54) is 0 Å². The smallest absolute Gasteiger partial charge is 0.223 e. The molecule has 1 saturated heterocycles. The van der Waals surface area contributed by atoms with E-state index in [0.717, 1.165) is 32.1 Å². The Labute approximate surface area is 138 Å². The first kappa shape index (κ1) is 18.6. The number of hydrogen-bond donors (Lipinski definition) is 3. The van der Waals surface area contributed by atoms with Crippen molar-refractivity contribution in [3.05, 3.63) is 0 Å². The average Bonchev–Trinajstić information content (AvgIpc) is 2.46. The van der Waals surface area contributed by atoms with Crippen LogP contribution in [0.5, 0.6) is 0 Å². The SMILES string of the molecule is CCS(=O)(=O)NCC[C@@H]1CC[C@@H](NC(=O)C2CCC2)[C@@H](CO)O1. The van der Waals surface area contributed by atoms with E-state index in [4.69, 9.17) is 4.74 Å². The Balaban J connectivity index is 1.75. The van der Waals surface area contributed by atoms with Gasteiger partial charge in [0.05, 0.1) is 24.5 Å². The van der Waals surface area contributed by atoms with E-state index in [2.05, 4.69) is 10.0 Å². The first-order chi connectivity index (χ1) is 10.9. The molecule has 0 aromatic heterocycles. The number of nitrogens with one attached hydrogen (secondary N) is 2. The highest BCUT2D eigenvalue weighted by Gasteiger charge is 2.34. The van der Waals surface area contributed by atoms with Gasteiger partial charge < -0.3 is 15.2 Å². The third kappa shape index (κ3) is 5.41. The molecule has 1 aliphatic carbocycles. The van der Waals surface area contributed by atoms with Crippen LogP contribution in [0.2, 0.25) is 0 Å². The predicted octanol–water partition coefficient (Wildman–Crippen LogP) is 0.141. The van der Waals surface area contributed by atoms with Gasteiger partial charge in [0.15, 0.2) is 0 Å². The van der Waals surface area contributed by atoms with Crippen molar-refractivity contribution in [2.45, 2.75) is 63.7 Å². The number of aliphatic hydroxyl groups excluding tert-OH is 1. The highest BCUT2D eigenvalue weighted by atomic mass is 32.2. The molecule has 2 fully saturated rings. The molecule has 1 heterocycles. The molecule has 3 N–H and O–H groups in total. The van der Waals surface area contributed by atoms with Gasteiger partial charge in [-0.25, -0.2) is 13.1 Å². The van der Waals surface area contributed by atoms with Crippen molar-refractivity contribution < 1.29 is 23.1 Å². The fourth-order valence-electron chi connectivity index (χ4n) is 2.96. The van der Waals surface area contributed by atoms with Gasteiger partial charge in [-0.3, -0.25) is 4.79 Å². The molecule has 0 radical (unpaired) electrons. The topological polar surface area (TPSA) is 105 Å². The molecule has 1 saturated carbocycles. The number of carbonyl (C=O) groups is 1. The van der Waals surface area contributed by atoms with Crippen molar-refractivity contribution in [3.8, 4) is 0 Å². The molecular weight excluding hydrogens is 320 g/mol. The summed E-state index contributed by atoms with van der Waals surface area (Å²) in [6, 6.07) is -0.156. The van der Waals surface area contributed by atoms with Gasteiger partial charge >= 0.3 is 0 Å². The third-order valence-corrected chi connectivity index (χ3v) is 6.17. The molecule has 0 unspecified atom stereocenters. The molecule has 0 aromatic carbocycles. The maximum Gasteiger partial charge on any atom is 0.223 e. The van der Waals surface area contributed by atoms with Gasteiger partial charge in [-0.1, -0.05) is 6.42 Å². The van der Waals surface area contributed by atoms with Gasteiger partial charge in [0.1, 0.15) is 6.10 Å². The maximum absolute atomic E-state index is 12.0. The van der Waals surface area contributed by atoms with Crippen LogP contribution in [0, 0.1) is 5.92 Å². The van der Waals surface area contributed by atoms with Crippen LogP contribution in [0.1, 0.15) is 45.4 Å². The van der Waals surface area contributed by atoms with Crippen LogP contribution in [0.25, 0.3) is 0 Å². The molecule has 134 valence electrons. The molecule has 3 atom stereocenters. The Kier molecular flexibility index (Phi) is 6.82. The standard InChI is InChI=1S/C15H28N2O5S/c1-2-23(20,21)16-9-8-12-6-7-13(14(10-18)22-12)17-15(19)11-4-3-5-11/h11-14,16,18H,2-10H2,1H3,(H,17,19)/t12-,13+,14+/m0/s1. The number of ether oxygens (including phenoxy) is 1. The Morgan fingerprint density at radius 3 is 2.57 bits per heavy atom. The van der Waals surface area contributed by atoms with Gasteiger partial charge in [0.2, 0.25) is 15.9 Å². The van der Waals surface area contributed by atoms with E-state index >= 15 is 0 Å². The second-order valence-electron chi connectivity index (χ2n) is 6.39. The van der Waals surface area contributed by atoms with Crippen LogP contribution < -0.4 is 10.0 Å². The summed E-state index contributed by atoms with van der Waals surface area (Å²) in [5.74, 6) is 0.250. The van der Waals surface area contributed by atoms with Crippen molar-refractivity contribution in [3.63, 3.8) is 0 Å². The van der Waals surface area contributed by atoms with Gasteiger partial charge in [-0.15, -0.1) is 0 Å². The number of aliphatic hydroxyl groups is 1. The van der Waals surface area contributed by atoms with Crippen molar-refractivity contribution in [1.29, 1.82) is 0 Å². The van der Waals surface area contributed by atoms with Crippen molar-refractivity contribution >= 4 is 15.9 Å². The molecule has 1 aliphatic heterocycles. The molecule has 0 bridgehead atoms. The highest BCUT2D eigenvalue weighted by molar-refractivity contribution is 7.89. The molecular formula is C15H28N2O5S. The zero-order valence-electron chi connectivity index (χ0n) is 13.7. The normalized spacial score (nSPS) is 29.0. The summed E-state index contributed by atoms with van der Waals surface area (Å²) < 4.78 is 31.1. The maximum atomic E-state index is 12.0. The highest BCUT2D eigenvalue weighted by Crippen LogP contribution is 2.28. The number of rotatable bonds is 8. The minimum Gasteiger partial charge on any atom is -0.394 e. The monoisotopic (exact) mass is 348 g/mol. The zero-order chi connectivity index (χ0) is 16.9. The van der Waals surface area contributed by atoms with Crippen LogP contribution >= 0.6 is 0 Å². The number of sulfonamides is 1. The average molecular weight is 348 g/mol. The second kappa shape index (κ2) is 8.41. The van der Waals surface area contributed by atoms with Gasteiger partial charge in [0, 0.05) is 12.5 Å². The fraction of sp³-hybridized carbons (Fsp3) is 0.933. The van der Waals surface area contributed by atoms with Crippen LogP contribution in [0.4, 0.5) is 0 Å². The first-order valence-corrected chi connectivity index (χ1v) is 10.1. The van der Waals surface area contributed by atoms with Crippen LogP contribution in [0.15, 0.2) is 0 Å². The lowest BCUT2D eigenvalue weighted by Crippen LogP contribution is -2.53. The Hall–Kier alpha value is -0.700. The van der Waals surface area contributed by atoms with E-state index in [1.807, 2.05) is 0 Å². The van der Waals surface area contributed by atoms with Crippen LogP contribution in [-0.2, 0) is 19.6 Å². The van der Waals surface area contributed by atoms with Crippen molar-refractivity contribution in [2.75, 3.05) is 18.9 Å². The van der Waals surface area contributed by atoms with E-state index in [9.17, 15) is 18.3 Å². The quantitative estimate of drug-likeness (QED) is 0.579. The molecule has 2 aliphatic rings.